The zero-order chi connectivity index (χ0) is 15.5. The number of halogens is 1. The second-order valence-corrected chi connectivity index (χ2v) is 7.87. The van der Waals surface area contributed by atoms with Gasteiger partial charge in [0.25, 0.3) is 0 Å². The van der Waals surface area contributed by atoms with E-state index < -0.39 is 10.0 Å². The van der Waals surface area contributed by atoms with Crippen molar-refractivity contribution in [3.05, 3.63) is 28.2 Å². The minimum atomic E-state index is -3.53. The zero-order valence-corrected chi connectivity index (χ0v) is 14.6. The third kappa shape index (κ3) is 4.26. The summed E-state index contributed by atoms with van der Waals surface area (Å²) in [6.45, 7) is 3.91. The molecule has 2 atom stereocenters. The van der Waals surface area contributed by atoms with Crippen LogP contribution in [0.15, 0.2) is 27.6 Å². The summed E-state index contributed by atoms with van der Waals surface area (Å²) >= 11 is 3.35. The highest BCUT2D eigenvalue weighted by Crippen LogP contribution is 2.25. The van der Waals surface area contributed by atoms with Crippen LogP contribution in [0, 0.1) is 5.92 Å². The average molecular weight is 377 g/mol. The molecule has 0 amide bonds. The third-order valence-corrected chi connectivity index (χ3v) is 6.22. The van der Waals surface area contributed by atoms with Gasteiger partial charge in [-0.2, -0.15) is 0 Å². The molecular formula is C14H21BrN2O3S. The van der Waals surface area contributed by atoms with Gasteiger partial charge in [-0.25, -0.2) is 13.1 Å². The third-order valence-electron chi connectivity index (χ3n) is 3.68. The minimum absolute atomic E-state index is 0.138. The van der Waals surface area contributed by atoms with Crippen LogP contribution in [0.3, 0.4) is 0 Å². The zero-order valence-electron chi connectivity index (χ0n) is 12.2. The Labute approximate surface area is 134 Å². The summed E-state index contributed by atoms with van der Waals surface area (Å²) in [6, 6.07) is 5.14. The van der Waals surface area contributed by atoms with Gasteiger partial charge < -0.3 is 10.1 Å². The molecule has 1 aromatic rings. The Morgan fingerprint density at radius 1 is 1.48 bits per heavy atom. The molecule has 5 nitrogen and oxygen atoms in total. The topological polar surface area (TPSA) is 67.4 Å². The predicted octanol–water partition coefficient (Wildman–Crippen LogP) is 1.87. The van der Waals surface area contributed by atoms with Crippen LogP contribution in [0.5, 0.6) is 0 Å². The van der Waals surface area contributed by atoms with Crippen molar-refractivity contribution in [2.45, 2.75) is 30.8 Å². The molecule has 0 spiro atoms. The lowest BCUT2D eigenvalue weighted by atomic mass is 10.0. The van der Waals surface area contributed by atoms with Crippen LogP contribution in [0.25, 0.3) is 0 Å². The Bertz CT molecular complexity index is 586. The molecular weight excluding hydrogens is 356 g/mol. The fourth-order valence-electron chi connectivity index (χ4n) is 2.43. The molecule has 7 heteroatoms. The van der Waals surface area contributed by atoms with Crippen LogP contribution >= 0.6 is 15.9 Å². The van der Waals surface area contributed by atoms with Gasteiger partial charge in [-0.15, -0.1) is 0 Å². The Morgan fingerprint density at radius 3 is 2.81 bits per heavy atom. The Balaban J connectivity index is 2.15. The summed E-state index contributed by atoms with van der Waals surface area (Å²) in [4.78, 5) is 0.271. The minimum Gasteiger partial charge on any atom is -0.381 e. The molecule has 1 heterocycles. The maximum atomic E-state index is 12.5. The number of benzene rings is 1. The molecule has 0 radical (unpaired) electrons. The van der Waals surface area contributed by atoms with E-state index in [1.54, 1.807) is 6.07 Å². The number of nitrogens with one attached hydrogen (secondary N) is 2. The standard InChI is InChI=1S/C14H21BrN2O3S/c1-10(12-5-6-20-9-12)17-21(18,19)14-4-3-11(8-16-2)7-13(14)15/h3-4,7,10,12,16-17H,5-6,8-9H2,1-2H3. The van der Waals surface area contributed by atoms with Crippen LogP contribution in [0.2, 0.25) is 0 Å². The molecule has 1 aliphatic rings. The fraction of sp³-hybridized carbons (Fsp3) is 0.571. The fourth-order valence-corrected chi connectivity index (χ4v) is 4.87. The first-order valence-electron chi connectivity index (χ1n) is 6.97. The highest BCUT2D eigenvalue weighted by Gasteiger charge is 2.27. The highest BCUT2D eigenvalue weighted by atomic mass is 79.9. The first-order valence-corrected chi connectivity index (χ1v) is 9.25. The molecule has 1 fully saturated rings. The molecule has 0 saturated carbocycles. The van der Waals surface area contributed by atoms with Crippen molar-refractivity contribution in [3.63, 3.8) is 0 Å². The molecule has 21 heavy (non-hydrogen) atoms. The number of ether oxygens (including phenoxy) is 1. The van der Waals surface area contributed by atoms with E-state index in [4.69, 9.17) is 4.74 Å². The molecule has 118 valence electrons. The molecule has 2 N–H and O–H groups in total. The van der Waals surface area contributed by atoms with Gasteiger partial charge >= 0.3 is 0 Å². The van der Waals surface area contributed by atoms with E-state index in [2.05, 4.69) is 26.0 Å². The van der Waals surface area contributed by atoms with Crippen LogP contribution in [-0.2, 0) is 21.3 Å². The smallest absolute Gasteiger partial charge is 0.241 e. The highest BCUT2D eigenvalue weighted by molar-refractivity contribution is 9.10. The molecule has 0 bridgehead atoms. The van der Waals surface area contributed by atoms with Crippen molar-refractivity contribution in [1.29, 1.82) is 0 Å². The summed E-state index contributed by atoms with van der Waals surface area (Å²) in [5.74, 6) is 0.238. The van der Waals surface area contributed by atoms with Gasteiger partial charge in [0.15, 0.2) is 0 Å². The van der Waals surface area contributed by atoms with Crippen molar-refractivity contribution in [1.82, 2.24) is 10.0 Å². The summed E-state index contributed by atoms with van der Waals surface area (Å²) in [7, 11) is -1.68. The van der Waals surface area contributed by atoms with E-state index in [1.165, 1.54) is 0 Å². The van der Waals surface area contributed by atoms with Gasteiger partial charge in [-0.05, 0) is 54.0 Å². The van der Waals surface area contributed by atoms with Crippen molar-refractivity contribution < 1.29 is 13.2 Å². The van der Waals surface area contributed by atoms with Gasteiger partial charge in [-0.1, -0.05) is 6.07 Å². The van der Waals surface area contributed by atoms with Crippen molar-refractivity contribution in [2.75, 3.05) is 20.3 Å². The van der Waals surface area contributed by atoms with E-state index in [9.17, 15) is 8.42 Å². The van der Waals surface area contributed by atoms with Crippen molar-refractivity contribution in [2.24, 2.45) is 5.92 Å². The summed E-state index contributed by atoms with van der Waals surface area (Å²) in [5.41, 5.74) is 1.03. The normalized spacial score (nSPS) is 20.6. The van der Waals surface area contributed by atoms with Gasteiger partial charge in [0, 0.05) is 29.6 Å². The van der Waals surface area contributed by atoms with E-state index >= 15 is 0 Å². The first kappa shape index (κ1) is 16.9. The first-order chi connectivity index (χ1) is 9.94. The van der Waals surface area contributed by atoms with Gasteiger partial charge in [0.2, 0.25) is 10.0 Å². The summed E-state index contributed by atoms with van der Waals surface area (Å²) in [6.07, 6.45) is 0.895. The summed E-state index contributed by atoms with van der Waals surface area (Å²) < 4.78 is 33.6. The Kier molecular flexibility index (Phi) is 5.79. The average Bonchev–Trinajstić information content (AvgIpc) is 2.92. The van der Waals surface area contributed by atoms with E-state index in [0.717, 1.165) is 12.0 Å². The van der Waals surface area contributed by atoms with Crippen molar-refractivity contribution in [3.8, 4) is 0 Å². The number of sulfonamides is 1. The lowest BCUT2D eigenvalue weighted by Gasteiger charge is -2.19. The van der Waals surface area contributed by atoms with E-state index in [1.807, 2.05) is 26.1 Å². The maximum Gasteiger partial charge on any atom is 0.241 e. The van der Waals surface area contributed by atoms with Crippen LogP contribution in [0.4, 0.5) is 0 Å². The van der Waals surface area contributed by atoms with Crippen molar-refractivity contribution >= 4 is 26.0 Å². The lowest BCUT2D eigenvalue weighted by molar-refractivity contribution is 0.180. The van der Waals surface area contributed by atoms with E-state index in [0.29, 0.717) is 24.2 Å². The lowest BCUT2D eigenvalue weighted by Crippen LogP contribution is -2.38. The second-order valence-electron chi connectivity index (χ2n) is 5.33. The quantitative estimate of drug-likeness (QED) is 0.795. The number of hydrogen-bond acceptors (Lipinski definition) is 4. The largest absolute Gasteiger partial charge is 0.381 e. The van der Waals surface area contributed by atoms with Crippen LogP contribution < -0.4 is 10.0 Å². The molecule has 2 unspecified atom stereocenters. The molecule has 1 aromatic carbocycles. The molecule has 1 aliphatic heterocycles. The Morgan fingerprint density at radius 2 is 2.24 bits per heavy atom. The molecule has 0 aromatic heterocycles. The molecule has 2 rings (SSSR count). The SMILES string of the molecule is CNCc1ccc(S(=O)(=O)NC(C)C2CCOC2)c(Br)c1. The number of hydrogen-bond donors (Lipinski definition) is 2. The predicted molar refractivity (Wildman–Crippen MR) is 85.6 cm³/mol. The molecule has 0 aliphatic carbocycles. The second kappa shape index (κ2) is 7.19. The van der Waals surface area contributed by atoms with E-state index in [-0.39, 0.29) is 16.9 Å². The summed E-state index contributed by atoms with van der Waals surface area (Å²) in [5, 5.41) is 3.04. The van der Waals surface area contributed by atoms with Crippen LogP contribution in [0.1, 0.15) is 18.9 Å². The van der Waals surface area contributed by atoms with Gasteiger partial charge in [-0.3, -0.25) is 0 Å². The van der Waals surface area contributed by atoms with Crippen LogP contribution in [-0.4, -0.2) is 34.7 Å². The number of rotatable bonds is 6. The Hall–Kier alpha value is -0.470. The van der Waals surface area contributed by atoms with Gasteiger partial charge in [0.05, 0.1) is 11.5 Å². The molecule has 1 saturated heterocycles. The monoisotopic (exact) mass is 376 g/mol. The maximum absolute atomic E-state index is 12.5. The van der Waals surface area contributed by atoms with Gasteiger partial charge in [0.1, 0.15) is 0 Å².